The van der Waals surface area contributed by atoms with E-state index >= 15 is 0 Å². The molecular weight excluding hydrogens is 380 g/mol. The summed E-state index contributed by atoms with van der Waals surface area (Å²) in [5.41, 5.74) is 8.08. The highest BCUT2D eigenvalue weighted by atomic mass is 35.5. The van der Waals surface area contributed by atoms with Crippen LogP contribution >= 0.6 is 11.6 Å². The van der Waals surface area contributed by atoms with Crippen LogP contribution in [0, 0.1) is 19.8 Å². The minimum atomic E-state index is -0.294. The predicted molar refractivity (Wildman–Crippen MR) is 118 cm³/mol. The van der Waals surface area contributed by atoms with Crippen molar-refractivity contribution in [2.45, 2.75) is 25.7 Å². The third-order valence-corrected chi connectivity index (χ3v) is 5.85. The molecule has 4 rings (SSSR count). The first-order valence-corrected chi connectivity index (χ1v) is 10.1. The van der Waals surface area contributed by atoms with Crippen molar-refractivity contribution in [2.75, 3.05) is 0 Å². The Balaban J connectivity index is 1.58. The summed E-state index contributed by atoms with van der Waals surface area (Å²) < 4.78 is 0. The zero-order chi connectivity index (χ0) is 20.4. The third kappa shape index (κ3) is 3.96. The van der Waals surface area contributed by atoms with Gasteiger partial charge in [0.2, 0.25) is 5.91 Å². The summed E-state index contributed by atoms with van der Waals surface area (Å²) in [6, 6.07) is 24.2. The number of hydrogen-bond donors (Lipinski definition) is 1. The van der Waals surface area contributed by atoms with Gasteiger partial charge < -0.3 is 0 Å². The molecule has 1 N–H and O–H groups in total. The van der Waals surface area contributed by atoms with E-state index in [0.717, 1.165) is 12.0 Å². The fourth-order valence-electron chi connectivity index (χ4n) is 4.03. The van der Waals surface area contributed by atoms with Gasteiger partial charge in [0.15, 0.2) is 0 Å². The zero-order valence-electron chi connectivity index (χ0n) is 16.5. The number of halogens is 1. The van der Waals surface area contributed by atoms with Crippen molar-refractivity contribution in [3.8, 4) is 0 Å². The lowest BCUT2D eigenvalue weighted by Crippen LogP contribution is -2.25. The smallest absolute Gasteiger partial charge is 0.244 e. The van der Waals surface area contributed by atoms with Gasteiger partial charge in [0, 0.05) is 10.4 Å². The number of nitrogens with one attached hydrogen (secondary N) is 1. The first-order valence-electron chi connectivity index (χ1n) is 9.72. The molecule has 3 nitrogen and oxygen atoms in total. The van der Waals surface area contributed by atoms with Gasteiger partial charge in [-0.1, -0.05) is 83.4 Å². The van der Waals surface area contributed by atoms with Crippen LogP contribution in [-0.4, -0.2) is 12.1 Å². The predicted octanol–water partition coefficient (Wildman–Crippen LogP) is 5.41. The lowest BCUT2D eigenvalue weighted by molar-refractivity contribution is -0.122. The fourth-order valence-corrected chi connectivity index (χ4v) is 4.15. The number of carbonyl (C=O) groups is 1. The van der Waals surface area contributed by atoms with E-state index < -0.39 is 0 Å². The van der Waals surface area contributed by atoms with Crippen LogP contribution < -0.4 is 5.43 Å². The van der Waals surface area contributed by atoms with E-state index in [9.17, 15) is 4.79 Å². The molecule has 1 aliphatic carbocycles. The van der Waals surface area contributed by atoms with Gasteiger partial charge >= 0.3 is 0 Å². The Hall–Kier alpha value is -2.91. The van der Waals surface area contributed by atoms with E-state index in [-0.39, 0.29) is 17.2 Å². The largest absolute Gasteiger partial charge is 0.273 e. The number of amides is 1. The molecule has 0 bridgehead atoms. The number of benzene rings is 3. The summed E-state index contributed by atoms with van der Waals surface area (Å²) in [5, 5.41) is 4.82. The molecule has 0 spiro atoms. The quantitative estimate of drug-likeness (QED) is 0.449. The second-order valence-electron chi connectivity index (χ2n) is 7.75. The molecule has 0 aromatic heterocycles. The van der Waals surface area contributed by atoms with E-state index in [1.165, 1.54) is 22.3 Å². The van der Waals surface area contributed by atoms with Gasteiger partial charge in [-0.05, 0) is 49.1 Å². The van der Waals surface area contributed by atoms with Crippen molar-refractivity contribution >= 4 is 23.7 Å². The maximum Gasteiger partial charge on any atom is 0.244 e. The molecule has 0 radical (unpaired) electrons. The van der Waals surface area contributed by atoms with E-state index in [1.807, 2.05) is 12.1 Å². The SMILES string of the molecule is Cc1cccc(C2(c3cccc(C)c3)C[C@@H]2C(=O)N/N=C\c2ccc(Cl)cc2)c1. The molecule has 0 unspecified atom stereocenters. The highest BCUT2D eigenvalue weighted by molar-refractivity contribution is 6.30. The topological polar surface area (TPSA) is 41.5 Å². The maximum absolute atomic E-state index is 12.9. The molecule has 1 amide bonds. The van der Waals surface area contributed by atoms with Crippen LogP contribution in [0.15, 0.2) is 77.9 Å². The lowest BCUT2D eigenvalue weighted by atomic mass is 9.84. The normalized spacial score (nSPS) is 17.3. The number of rotatable bonds is 5. The average Bonchev–Trinajstić information content (AvgIpc) is 3.47. The molecule has 3 aromatic carbocycles. The number of hydrogen-bond acceptors (Lipinski definition) is 2. The molecule has 4 heteroatoms. The molecule has 1 aliphatic rings. The Kier molecular flexibility index (Phi) is 5.25. The first-order chi connectivity index (χ1) is 14.0. The second kappa shape index (κ2) is 7.84. The summed E-state index contributed by atoms with van der Waals surface area (Å²) in [5.74, 6) is -0.202. The molecule has 1 saturated carbocycles. The van der Waals surface area contributed by atoms with Crippen molar-refractivity contribution < 1.29 is 4.79 Å². The molecule has 3 aromatic rings. The first kappa shape index (κ1) is 19.4. The molecule has 146 valence electrons. The minimum Gasteiger partial charge on any atom is -0.273 e. The Morgan fingerprint density at radius 2 is 1.59 bits per heavy atom. The van der Waals surface area contributed by atoms with Crippen LogP contribution in [0.2, 0.25) is 5.02 Å². The molecular formula is C25H23ClN2O. The van der Waals surface area contributed by atoms with E-state index in [4.69, 9.17) is 11.6 Å². The van der Waals surface area contributed by atoms with Crippen molar-refractivity contribution in [3.63, 3.8) is 0 Å². The summed E-state index contributed by atoms with van der Waals surface area (Å²) in [6.45, 7) is 4.17. The van der Waals surface area contributed by atoms with Crippen LogP contribution in [0.3, 0.4) is 0 Å². The molecule has 1 fully saturated rings. The number of hydrazone groups is 1. The van der Waals surface area contributed by atoms with Crippen molar-refractivity contribution in [1.29, 1.82) is 0 Å². The van der Waals surface area contributed by atoms with Crippen molar-refractivity contribution in [2.24, 2.45) is 11.0 Å². The maximum atomic E-state index is 12.9. The molecule has 0 saturated heterocycles. The van der Waals surface area contributed by atoms with Crippen LogP contribution in [-0.2, 0) is 10.2 Å². The monoisotopic (exact) mass is 402 g/mol. The van der Waals surface area contributed by atoms with Crippen LogP contribution in [0.5, 0.6) is 0 Å². The van der Waals surface area contributed by atoms with Gasteiger partial charge in [0.05, 0.1) is 12.1 Å². The standard InChI is InChI=1S/C25H23ClN2O/c1-17-5-3-7-20(13-17)25(21-8-4-6-18(2)14-21)15-23(25)24(29)28-27-16-19-9-11-22(26)12-10-19/h3-14,16,23H,15H2,1-2H3,(H,28,29)/b27-16-/t23-/m1/s1. The molecule has 0 heterocycles. The molecule has 0 aliphatic heterocycles. The summed E-state index contributed by atoms with van der Waals surface area (Å²) in [6.07, 6.45) is 2.42. The summed E-state index contributed by atoms with van der Waals surface area (Å²) in [4.78, 5) is 12.9. The van der Waals surface area contributed by atoms with Gasteiger partial charge in [-0.15, -0.1) is 0 Å². The fraction of sp³-hybridized carbons (Fsp3) is 0.200. The summed E-state index contributed by atoms with van der Waals surface area (Å²) >= 11 is 5.90. The Bertz CT molecular complexity index is 1030. The van der Waals surface area contributed by atoms with Crippen LogP contribution in [0.1, 0.15) is 34.2 Å². The van der Waals surface area contributed by atoms with Crippen LogP contribution in [0.25, 0.3) is 0 Å². The lowest BCUT2D eigenvalue weighted by Gasteiger charge is -2.19. The van der Waals surface area contributed by atoms with Crippen LogP contribution in [0.4, 0.5) is 0 Å². The van der Waals surface area contributed by atoms with E-state index in [2.05, 4.69) is 72.9 Å². The number of aryl methyl sites for hydroxylation is 2. The molecule has 1 atom stereocenters. The second-order valence-corrected chi connectivity index (χ2v) is 8.19. The molecule has 29 heavy (non-hydrogen) atoms. The summed E-state index contributed by atoms with van der Waals surface area (Å²) in [7, 11) is 0. The van der Waals surface area contributed by atoms with E-state index in [0.29, 0.717) is 5.02 Å². The van der Waals surface area contributed by atoms with Gasteiger partial charge in [-0.3, -0.25) is 4.79 Å². The Morgan fingerprint density at radius 1 is 1.00 bits per heavy atom. The minimum absolute atomic E-state index is 0.0572. The Labute approximate surface area is 176 Å². The average molecular weight is 403 g/mol. The van der Waals surface area contributed by atoms with E-state index in [1.54, 1.807) is 18.3 Å². The zero-order valence-corrected chi connectivity index (χ0v) is 17.3. The highest BCUT2D eigenvalue weighted by Gasteiger charge is 2.60. The van der Waals surface area contributed by atoms with Gasteiger partial charge in [0.25, 0.3) is 0 Å². The Morgan fingerprint density at radius 3 is 2.14 bits per heavy atom. The third-order valence-electron chi connectivity index (χ3n) is 5.60. The number of nitrogens with zero attached hydrogens (tertiary/aromatic N) is 1. The highest BCUT2D eigenvalue weighted by Crippen LogP contribution is 2.59. The van der Waals surface area contributed by atoms with Gasteiger partial charge in [-0.2, -0.15) is 5.10 Å². The van der Waals surface area contributed by atoms with Crippen molar-refractivity contribution in [1.82, 2.24) is 5.43 Å². The van der Waals surface area contributed by atoms with Crippen molar-refractivity contribution in [3.05, 3.63) is 106 Å². The van der Waals surface area contributed by atoms with Gasteiger partial charge in [0.1, 0.15) is 0 Å². The van der Waals surface area contributed by atoms with Gasteiger partial charge in [-0.25, -0.2) is 5.43 Å². The number of carbonyl (C=O) groups excluding carboxylic acids is 1.